The number of anilines is 1. The van der Waals surface area contributed by atoms with Gasteiger partial charge in [-0.3, -0.25) is 0 Å². The fraction of sp³-hybridized carbons (Fsp3) is 0.500. The van der Waals surface area contributed by atoms with Crippen molar-refractivity contribution in [1.82, 2.24) is 15.3 Å². The van der Waals surface area contributed by atoms with E-state index in [1.165, 1.54) is 0 Å². The molecular weight excluding hydrogens is 216 g/mol. The molecule has 17 heavy (non-hydrogen) atoms. The molecule has 2 atom stereocenters. The lowest BCUT2D eigenvalue weighted by Crippen LogP contribution is -2.54. The summed E-state index contributed by atoms with van der Waals surface area (Å²) < 4.78 is 5.73. The Morgan fingerprint density at radius 3 is 2.82 bits per heavy atom. The smallest absolute Gasteiger partial charge is 0.300 e. The molecule has 0 spiro atoms. The summed E-state index contributed by atoms with van der Waals surface area (Å²) in [5.41, 5.74) is 1.43. The number of aromatic nitrogens is 2. The van der Waals surface area contributed by atoms with Gasteiger partial charge in [-0.2, -0.15) is 4.98 Å². The lowest BCUT2D eigenvalue weighted by atomic mass is 10.2. The lowest BCUT2D eigenvalue weighted by Gasteiger charge is -2.34. The fourth-order valence-corrected chi connectivity index (χ4v) is 2.38. The zero-order valence-electron chi connectivity index (χ0n) is 10.1. The predicted octanol–water partition coefficient (Wildman–Crippen LogP) is 1.41. The molecule has 0 bridgehead atoms. The van der Waals surface area contributed by atoms with Gasteiger partial charge in [0.15, 0.2) is 5.58 Å². The first kappa shape index (κ1) is 10.5. The van der Waals surface area contributed by atoms with Crippen LogP contribution in [0, 0.1) is 0 Å². The molecule has 0 amide bonds. The summed E-state index contributed by atoms with van der Waals surface area (Å²) in [6.45, 7) is 6.17. The zero-order chi connectivity index (χ0) is 11.8. The predicted molar refractivity (Wildman–Crippen MR) is 66.1 cm³/mol. The van der Waals surface area contributed by atoms with Crippen molar-refractivity contribution in [3.05, 3.63) is 18.3 Å². The van der Waals surface area contributed by atoms with E-state index in [1.54, 1.807) is 6.20 Å². The number of fused-ring (bicyclic) bond motifs is 1. The van der Waals surface area contributed by atoms with Crippen molar-refractivity contribution in [3.8, 4) is 0 Å². The summed E-state index contributed by atoms with van der Waals surface area (Å²) in [6, 6.07) is 5.33. The summed E-state index contributed by atoms with van der Waals surface area (Å²) in [7, 11) is 0. The van der Waals surface area contributed by atoms with E-state index in [9.17, 15) is 0 Å². The Morgan fingerprint density at radius 2 is 2.12 bits per heavy atom. The van der Waals surface area contributed by atoms with Crippen molar-refractivity contribution in [2.75, 3.05) is 18.0 Å². The van der Waals surface area contributed by atoms with Crippen molar-refractivity contribution in [2.45, 2.75) is 25.9 Å². The lowest BCUT2D eigenvalue weighted by molar-refractivity contribution is 0.389. The number of piperazine rings is 1. The van der Waals surface area contributed by atoms with Crippen LogP contribution in [0.2, 0.25) is 0 Å². The summed E-state index contributed by atoms with van der Waals surface area (Å²) in [6.07, 6.45) is 1.73. The number of nitrogens with zero attached hydrogens (tertiary/aromatic N) is 3. The monoisotopic (exact) mass is 232 g/mol. The molecule has 1 fully saturated rings. The van der Waals surface area contributed by atoms with Gasteiger partial charge in [-0.05, 0) is 26.0 Å². The van der Waals surface area contributed by atoms with Gasteiger partial charge in [0.05, 0.1) is 0 Å². The maximum absolute atomic E-state index is 5.73. The van der Waals surface area contributed by atoms with E-state index >= 15 is 0 Å². The van der Waals surface area contributed by atoms with Gasteiger partial charge in [0.2, 0.25) is 5.65 Å². The minimum absolute atomic E-state index is 0.446. The Balaban J connectivity index is 1.92. The summed E-state index contributed by atoms with van der Waals surface area (Å²) in [4.78, 5) is 10.8. The van der Waals surface area contributed by atoms with Crippen molar-refractivity contribution < 1.29 is 4.42 Å². The molecule has 1 saturated heterocycles. The van der Waals surface area contributed by atoms with Crippen LogP contribution in [0.3, 0.4) is 0 Å². The van der Waals surface area contributed by atoms with E-state index < -0.39 is 0 Å². The molecule has 1 N–H and O–H groups in total. The first-order valence-electron chi connectivity index (χ1n) is 5.95. The second-order valence-corrected chi connectivity index (χ2v) is 4.70. The average Bonchev–Trinajstić information content (AvgIpc) is 2.71. The maximum Gasteiger partial charge on any atom is 0.300 e. The van der Waals surface area contributed by atoms with Gasteiger partial charge in [-0.15, -0.1) is 0 Å². The summed E-state index contributed by atoms with van der Waals surface area (Å²) >= 11 is 0. The fourth-order valence-electron chi connectivity index (χ4n) is 2.38. The van der Waals surface area contributed by atoms with Gasteiger partial charge in [0.25, 0.3) is 6.01 Å². The van der Waals surface area contributed by atoms with Crippen LogP contribution in [0.5, 0.6) is 0 Å². The molecule has 1 aliphatic heterocycles. The summed E-state index contributed by atoms with van der Waals surface area (Å²) in [5, 5.41) is 3.49. The van der Waals surface area contributed by atoms with Crippen LogP contribution < -0.4 is 10.2 Å². The van der Waals surface area contributed by atoms with Crippen molar-refractivity contribution in [2.24, 2.45) is 0 Å². The number of oxazole rings is 1. The molecule has 2 aromatic rings. The van der Waals surface area contributed by atoms with Crippen LogP contribution >= 0.6 is 0 Å². The van der Waals surface area contributed by atoms with E-state index in [2.05, 4.69) is 34.0 Å². The maximum atomic E-state index is 5.73. The standard InChI is InChI=1S/C12H16N4O/c1-8-6-16(7-9(2)14-8)12-15-11-10(17-12)4-3-5-13-11/h3-5,8-9,14H,6-7H2,1-2H3/t8-,9-/m1/s1. The Labute approximate surface area is 99.8 Å². The molecular formula is C12H16N4O. The first-order chi connectivity index (χ1) is 8.22. The molecule has 0 radical (unpaired) electrons. The Morgan fingerprint density at radius 1 is 1.35 bits per heavy atom. The molecule has 5 heteroatoms. The van der Waals surface area contributed by atoms with Crippen molar-refractivity contribution in [3.63, 3.8) is 0 Å². The molecule has 3 rings (SSSR count). The Bertz CT molecular complexity index is 481. The van der Waals surface area contributed by atoms with E-state index in [0.717, 1.165) is 18.7 Å². The van der Waals surface area contributed by atoms with E-state index in [0.29, 0.717) is 23.7 Å². The molecule has 2 aromatic heterocycles. The zero-order valence-corrected chi connectivity index (χ0v) is 10.1. The number of nitrogens with one attached hydrogen (secondary N) is 1. The van der Waals surface area contributed by atoms with Crippen LogP contribution in [0.4, 0.5) is 6.01 Å². The molecule has 0 unspecified atom stereocenters. The van der Waals surface area contributed by atoms with Gasteiger partial charge in [0.1, 0.15) is 0 Å². The highest BCUT2D eigenvalue weighted by Crippen LogP contribution is 2.21. The number of pyridine rings is 1. The Hall–Kier alpha value is -1.62. The number of hydrogen-bond acceptors (Lipinski definition) is 5. The first-order valence-corrected chi connectivity index (χ1v) is 5.95. The van der Waals surface area contributed by atoms with Gasteiger partial charge >= 0.3 is 0 Å². The highest BCUT2D eigenvalue weighted by molar-refractivity contribution is 5.69. The molecule has 3 heterocycles. The Kier molecular flexibility index (Phi) is 2.48. The largest absolute Gasteiger partial charge is 0.422 e. The molecule has 1 aliphatic rings. The second-order valence-electron chi connectivity index (χ2n) is 4.70. The topological polar surface area (TPSA) is 54.2 Å². The highest BCUT2D eigenvalue weighted by atomic mass is 16.4. The number of hydrogen-bond donors (Lipinski definition) is 1. The minimum Gasteiger partial charge on any atom is -0.422 e. The van der Waals surface area contributed by atoms with E-state index in [1.807, 2.05) is 12.1 Å². The highest BCUT2D eigenvalue weighted by Gasteiger charge is 2.24. The molecule has 0 aromatic carbocycles. The van der Waals surface area contributed by atoms with E-state index in [4.69, 9.17) is 4.42 Å². The molecule has 90 valence electrons. The van der Waals surface area contributed by atoms with Gasteiger partial charge in [-0.25, -0.2) is 4.98 Å². The van der Waals surface area contributed by atoms with Crippen LogP contribution in [0.1, 0.15) is 13.8 Å². The van der Waals surface area contributed by atoms with Gasteiger partial charge in [0, 0.05) is 31.4 Å². The van der Waals surface area contributed by atoms with E-state index in [-0.39, 0.29) is 0 Å². The normalized spacial score (nSPS) is 25.4. The van der Waals surface area contributed by atoms with Crippen LogP contribution in [0.15, 0.2) is 22.7 Å². The molecule has 0 saturated carbocycles. The third-order valence-electron chi connectivity index (χ3n) is 2.98. The SMILES string of the molecule is C[C@@H]1CN(c2nc3ncccc3o2)C[C@@H](C)N1. The van der Waals surface area contributed by atoms with Crippen molar-refractivity contribution in [1.29, 1.82) is 0 Å². The second kappa shape index (κ2) is 4.00. The third kappa shape index (κ3) is 1.98. The van der Waals surface area contributed by atoms with Gasteiger partial charge < -0.3 is 14.6 Å². The summed E-state index contributed by atoms with van der Waals surface area (Å²) in [5.74, 6) is 0. The average molecular weight is 232 g/mol. The molecule has 0 aliphatic carbocycles. The quantitative estimate of drug-likeness (QED) is 0.805. The minimum atomic E-state index is 0.446. The van der Waals surface area contributed by atoms with Crippen LogP contribution in [-0.4, -0.2) is 35.1 Å². The third-order valence-corrected chi connectivity index (χ3v) is 2.98. The number of rotatable bonds is 1. The van der Waals surface area contributed by atoms with Crippen molar-refractivity contribution >= 4 is 17.2 Å². The van der Waals surface area contributed by atoms with Crippen LogP contribution in [-0.2, 0) is 0 Å². The molecule has 5 nitrogen and oxygen atoms in total. The van der Waals surface area contributed by atoms with Gasteiger partial charge in [-0.1, -0.05) is 0 Å². The van der Waals surface area contributed by atoms with Crippen LogP contribution in [0.25, 0.3) is 11.2 Å².